The van der Waals surface area contributed by atoms with E-state index in [1.165, 1.54) is 5.56 Å². The fourth-order valence-corrected chi connectivity index (χ4v) is 6.33. The maximum absolute atomic E-state index is 14.6. The van der Waals surface area contributed by atoms with Crippen molar-refractivity contribution in [3.05, 3.63) is 82.9 Å². The first-order valence-electron chi connectivity index (χ1n) is 15.0. The van der Waals surface area contributed by atoms with Crippen LogP contribution >= 0.6 is 0 Å². The van der Waals surface area contributed by atoms with Crippen molar-refractivity contribution in [2.75, 3.05) is 14.1 Å². The van der Waals surface area contributed by atoms with Gasteiger partial charge in [0, 0.05) is 5.92 Å². The lowest BCUT2D eigenvalue weighted by atomic mass is 9.64. The number of likely N-dealkylation sites (N-methyl/N-ethyl adjacent to an activating group) is 1. The number of hydrogen-bond donors (Lipinski definition) is 0. The molecule has 0 unspecified atom stereocenters. The largest absolute Gasteiger partial charge is 0.460 e. The zero-order valence-electron chi connectivity index (χ0n) is 26.9. The number of ether oxygens (including phenoxy) is 2. The smallest absolute Gasteiger partial charge is 0.338 e. The average molecular weight is 562 g/mol. The summed E-state index contributed by atoms with van der Waals surface area (Å²) in [6.07, 6.45) is 7.11. The number of aryl methyl sites for hydroxylation is 1. The second kappa shape index (κ2) is 12.9. The zero-order valence-corrected chi connectivity index (χ0v) is 26.9. The molecule has 0 bridgehead atoms. The molecule has 0 aromatic heterocycles. The van der Waals surface area contributed by atoms with E-state index in [1.807, 2.05) is 84.0 Å². The van der Waals surface area contributed by atoms with Gasteiger partial charge in [0.05, 0.1) is 5.56 Å². The summed E-state index contributed by atoms with van der Waals surface area (Å²) in [6, 6.07) is 16.1. The second-order valence-corrected chi connectivity index (χ2v) is 13.6. The van der Waals surface area contributed by atoms with Gasteiger partial charge in [0.15, 0.2) is 0 Å². The second-order valence-electron chi connectivity index (χ2n) is 13.6. The topological polar surface area (TPSA) is 55.8 Å². The Hall–Kier alpha value is -2.92. The molecule has 4 atom stereocenters. The summed E-state index contributed by atoms with van der Waals surface area (Å²) >= 11 is 0. The zero-order chi connectivity index (χ0) is 30.6. The van der Waals surface area contributed by atoms with E-state index in [0.717, 1.165) is 30.4 Å². The molecule has 0 radical (unpaired) electrons. The van der Waals surface area contributed by atoms with Crippen molar-refractivity contribution in [2.24, 2.45) is 11.8 Å². The molecule has 41 heavy (non-hydrogen) atoms. The third-order valence-electron chi connectivity index (χ3n) is 8.82. The highest BCUT2D eigenvalue weighted by Gasteiger charge is 2.48. The van der Waals surface area contributed by atoms with E-state index < -0.39 is 17.1 Å². The lowest BCUT2D eigenvalue weighted by Gasteiger charge is -2.46. The minimum Gasteiger partial charge on any atom is -0.460 e. The molecule has 1 aliphatic rings. The molecule has 0 saturated heterocycles. The average Bonchev–Trinajstić information content (AvgIpc) is 2.89. The Morgan fingerprint density at radius 3 is 2.24 bits per heavy atom. The number of carbonyl (C=O) groups is 2. The predicted octanol–water partition coefficient (Wildman–Crippen LogP) is 8.00. The number of nitrogens with zero attached hydrogens (tertiary/aromatic N) is 1. The fraction of sp³-hybridized carbons (Fsp3) is 0.556. The number of hydrogen-bond acceptors (Lipinski definition) is 5. The van der Waals surface area contributed by atoms with E-state index >= 15 is 0 Å². The molecule has 5 heteroatoms. The van der Waals surface area contributed by atoms with Crippen LogP contribution in [0.4, 0.5) is 0 Å². The molecule has 224 valence electrons. The Morgan fingerprint density at radius 2 is 1.66 bits per heavy atom. The van der Waals surface area contributed by atoms with E-state index in [9.17, 15) is 9.59 Å². The van der Waals surface area contributed by atoms with Crippen molar-refractivity contribution in [2.45, 2.75) is 104 Å². The van der Waals surface area contributed by atoms with Gasteiger partial charge in [-0.3, -0.25) is 4.90 Å². The molecule has 2 aromatic rings. The van der Waals surface area contributed by atoms with Crippen LogP contribution in [0.5, 0.6) is 0 Å². The Kier molecular flexibility index (Phi) is 10.3. The van der Waals surface area contributed by atoms with Gasteiger partial charge in [-0.15, -0.1) is 0 Å². The molecule has 5 nitrogen and oxygen atoms in total. The highest BCUT2D eigenvalue weighted by Crippen LogP contribution is 2.45. The predicted molar refractivity (Wildman–Crippen MR) is 167 cm³/mol. The molecular weight excluding hydrogens is 510 g/mol. The first-order valence-corrected chi connectivity index (χ1v) is 15.0. The highest BCUT2D eigenvalue weighted by atomic mass is 16.6. The van der Waals surface area contributed by atoms with Crippen LogP contribution in [0.1, 0.15) is 101 Å². The van der Waals surface area contributed by atoms with Gasteiger partial charge in [-0.2, -0.15) is 0 Å². The van der Waals surface area contributed by atoms with Crippen molar-refractivity contribution in [1.29, 1.82) is 0 Å². The summed E-state index contributed by atoms with van der Waals surface area (Å²) < 4.78 is 12.3. The van der Waals surface area contributed by atoms with Crippen LogP contribution in [0, 0.1) is 18.8 Å². The van der Waals surface area contributed by atoms with Crippen molar-refractivity contribution < 1.29 is 19.1 Å². The van der Waals surface area contributed by atoms with Gasteiger partial charge >= 0.3 is 11.9 Å². The highest BCUT2D eigenvalue weighted by molar-refractivity contribution is 5.91. The van der Waals surface area contributed by atoms with Crippen LogP contribution in [0.2, 0.25) is 0 Å². The Balaban J connectivity index is 2.09. The summed E-state index contributed by atoms with van der Waals surface area (Å²) in [7, 11) is 3.83. The van der Waals surface area contributed by atoms with E-state index in [1.54, 1.807) is 6.07 Å². The van der Waals surface area contributed by atoms with Gasteiger partial charge in [-0.05, 0) is 108 Å². The quantitative estimate of drug-likeness (QED) is 0.229. The Bertz CT molecular complexity index is 1220. The molecule has 1 fully saturated rings. The third kappa shape index (κ3) is 7.30. The van der Waals surface area contributed by atoms with Crippen LogP contribution in [0.15, 0.2) is 60.7 Å². The molecule has 2 aromatic carbocycles. The summed E-state index contributed by atoms with van der Waals surface area (Å²) in [6.45, 7) is 16.3. The molecular formula is C36H51NO4. The van der Waals surface area contributed by atoms with Crippen molar-refractivity contribution in [1.82, 2.24) is 4.90 Å². The monoisotopic (exact) mass is 561 g/mol. The number of rotatable bonds is 9. The number of carbonyl (C=O) groups excluding carboxylic acids is 2. The summed E-state index contributed by atoms with van der Waals surface area (Å²) in [5.41, 5.74) is 1.47. The molecule has 0 spiro atoms. The van der Waals surface area contributed by atoms with Crippen LogP contribution in [0.3, 0.4) is 0 Å². The maximum atomic E-state index is 14.6. The van der Waals surface area contributed by atoms with Crippen LogP contribution in [0.25, 0.3) is 0 Å². The minimum absolute atomic E-state index is 0.164. The normalized spacial score (nSPS) is 21.5. The van der Waals surface area contributed by atoms with E-state index in [0.29, 0.717) is 17.9 Å². The van der Waals surface area contributed by atoms with Crippen molar-refractivity contribution in [3.63, 3.8) is 0 Å². The Labute approximate surface area is 248 Å². The number of allylic oxidation sites excluding steroid dienone is 1. The van der Waals surface area contributed by atoms with Gasteiger partial charge in [0.1, 0.15) is 17.2 Å². The van der Waals surface area contributed by atoms with Gasteiger partial charge in [0.25, 0.3) is 0 Å². The molecule has 0 heterocycles. The summed E-state index contributed by atoms with van der Waals surface area (Å²) in [5.74, 6) is -0.0347. The lowest BCUT2D eigenvalue weighted by molar-refractivity contribution is -0.171. The van der Waals surface area contributed by atoms with Gasteiger partial charge in [-0.25, -0.2) is 9.59 Å². The van der Waals surface area contributed by atoms with Crippen LogP contribution in [-0.2, 0) is 25.2 Å². The molecule has 0 amide bonds. The fourth-order valence-electron chi connectivity index (χ4n) is 6.33. The number of benzene rings is 2. The van der Waals surface area contributed by atoms with Crippen molar-refractivity contribution >= 4 is 11.9 Å². The van der Waals surface area contributed by atoms with Gasteiger partial charge in [-0.1, -0.05) is 75.7 Å². The van der Waals surface area contributed by atoms with E-state index in [2.05, 4.69) is 45.0 Å². The van der Waals surface area contributed by atoms with Gasteiger partial charge in [0.2, 0.25) is 0 Å². The first kappa shape index (κ1) is 32.6. The molecule has 0 aliphatic heterocycles. The lowest BCUT2D eigenvalue weighted by Crippen LogP contribution is -2.52. The van der Waals surface area contributed by atoms with Crippen molar-refractivity contribution in [3.8, 4) is 0 Å². The van der Waals surface area contributed by atoms with E-state index in [-0.39, 0.29) is 23.4 Å². The SMILES string of the molecule is C/C=C\C[C@](C(=O)O[C@H]1C[C@H](C)CC[C@H]1C(C)(C)c1ccccc1)(c1cc(C(=O)OC(C)(C)C)ccc1C)N(C)C. The molecule has 1 saturated carbocycles. The maximum Gasteiger partial charge on any atom is 0.338 e. The van der Waals surface area contributed by atoms with E-state index in [4.69, 9.17) is 9.47 Å². The standard InChI is InChI=1S/C36H51NO4/c1-11-12-22-36(37(9)10,30-24-27(20-19-26(30)3)32(38)41-34(4,5)6)33(39)40-31-23-25(2)18-21-29(31)35(7,8)28-16-14-13-15-17-28/h11-17,19-20,24-25,29,31H,18,21-23H2,1-10H3/b12-11-/t25-,29-,31+,36-/m1/s1. The number of esters is 2. The summed E-state index contributed by atoms with van der Waals surface area (Å²) in [5, 5.41) is 0. The van der Waals surface area contributed by atoms with Crippen LogP contribution < -0.4 is 0 Å². The molecule has 0 N–H and O–H groups in total. The first-order chi connectivity index (χ1) is 19.1. The van der Waals surface area contributed by atoms with Crippen LogP contribution in [-0.4, -0.2) is 42.6 Å². The molecule has 3 rings (SSSR count). The Morgan fingerprint density at radius 1 is 1.00 bits per heavy atom. The third-order valence-corrected chi connectivity index (χ3v) is 8.82. The van der Waals surface area contributed by atoms with Gasteiger partial charge < -0.3 is 9.47 Å². The summed E-state index contributed by atoms with van der Waals surface area (Å²) in [4.78, 5) is 29.7. The molecule has 1 aliphatic carbocycles. The minimum atomic E-state index is -1.11.